The van der Waals surface area contributed by atoms with Gasteiger partial charge in [-0.3, -0.25) is 14.3 Å². The lowest BCUT2D eigenvalue weighted by Gasteiger charge is -2.13. The second-order valence-corrected chi connectivity index (χ2v) is 8.08. The van der Waals surface area contributed by atoms with Crippen LogP contribution in [0.25, 0.3) is 11.4 Å². The highest BCUT2D eigenvalue weighted by molar-refractivity contribution is 7.99. The van der Waals surface area contributed by atoms with Gasteiger partial charge in [-0.15, -0.1) is 10.2 Å². The Balaban J connectivity index is 1.32. The predicted molar refractivity (Wildman–Crippen MR) is 106 cm³/mol. The number of pyridine rings is 1. The highest BCUT2D eigenvalue weighted by Gasteiger charge is 2.30. The average Bonchev–Trinajstić information content (AvgIpc) is 3.47. The van der Waals surface area contributed by atoms with Gasteiger partial charge in [-0.2, -0.15) is 0 Å². The molecule has 1 saturated carbocycles. The molecule has 1 fully saturated rings. The van der Waals surface area contributed by atoms with Crippen molar-refractivity contribution < 1.29 is 4.79 Å². The highest BCUT2D eigenvalue weighted by Crippen LogP contribution is 2.40. The number of nitrogens with zero attached hydrogens (tertiary/aromatic N) is 4. The summed E-state index contributed by atoms with van der Waals surface area (Å²) < 4.78 is 2.18. The number of allylic oxidation sites excluding steroid dienone is 1. The summed E-state index contributed by atoms with van der Waals surface area (Å²) in [5.41, 5.74) is 2.51. The lowest BCUT2D eigenvalue weighted by molar-refractivity contribution is -0.118. The van der Waals surface area contributed by atoms with Crippen molar-refractivity contribution >= 4 is 17.7 Å². The van der Waals surface area contributed by atoms with E-state index in [4.69, 9.17) is 0 Å². The molecule has 2 aliphatic carbocycles. The number of nitrogens with one attached hydrogen (secondary N) is 1. The lowest BCUT2D eigenvalue weighted by Crippen LogP contribution is -2.26. The van der Waals surface area contributed by atoms with Gasteiger partial charge < -0.3 is 5.32 Å². The van der Waals surface area contributed by atoms with E-state index in [9.17, 15) is 4.79 Å². The molecule has 0 unspecified atom stereocenters. The van der Waals surface area contributed by atoms with Crippen LogP contribution in [0.3, 0.4) is 0 Å². The lowest BCUT2D eigenvalue weighted by atomic mass is 9.97. The maximum Gasteiger partial charge on any atom is 0.230 e. The summed E-state index contributed by atoms with van der Waals surface area (Å²) in [5.74, 6) is 1.31. The van der Waals surface area contributed by atoms with Gasteiger partial charge in [-0.1, -0.05) is 23.4 Å². The fraction of sp³-hybridized carbons (Fsp3) is 0.500. The Morgan fingerprint density at radius 3 is 2.81 bits per heavy atom. The molecular weight excluding hydrogens is 358 g/mol. The molecule has 0 spiro atoms. The molecule has 2 aliphatic rings. The zero-order valence-corrected chi connectivity index (χ0v) is 16.2. The molecule has 0 aromatic carbocycles. The number of aromatic nitrogens is 4. The average molecular weight is 384 g/mol. The topological polar surface area (TPSA) is 72.7 Å². The molecule has 0 saturated heterocycles. The number of carbonyl (C=O) groups excluding carboxylic acids is 1. The van der Waals surface area contributed by atoms with Crippen molar-refractivity contribution in [3.63, 3.8) is 0 Å². The second kappa shape index (κ2) is 8.69. The number of rotatable bonds is 8. The van der Waals surface area contributed by atoms with Crippen LogP contribution in [0.2, 0.25) is 0 Å². The minimum atomic E-state index is 0.0622. The second-order valence-electron chi connectivity index (χ2n) is 7.14. The van der Waals surface area contributed by atoms with Crippen LogP contribution in [0.1, 0.15) is 51.0 Å². The molecule has 2 aromatic heterocycles. The summed E-state index contributed by atoms with van der Waals surface area (Å²) in [4.78, 5) is 16.3. The molecule has 1 amide bonds. The largest absolute Gasteiger partial charge is 0.355 e. The Morgan fingerprint density at radius 1 is 1.22 bits per heavy atom. The molecule has 1 N–H and O–H groups in total. The van der Waals surface area contributed by atoms with Crippen LogP contribution in [0, 0.1) is 0 Å². The molecule has 2 aromatic rings. The van der Waals surface area contributed by atoms with Crippen molar-refractivity contribution in [2.24, 2.45) is 0 Å². The molecule has 4 rings (SSSR count). The third-order valence-corrected chi connectivity index (χ3v) is 5.94. The van der Waals surface area contributed by atoms with Gasteiger partial charge in [-0.25, -0.2) is 0 Å². The smallest absolute Gasteiger partial charge is 0.230 e. The Labute approximate surface area is 163 Å². The minimum absolute atomic E-state index is 0.0622. The normalized spacial score (nSPS) is 16.8. The van der Waals surface area contributed by atoms with Crippen LogP contribution >= 0.6 is 11.8 Å². The third kappa shape index (κ3) is 4.77. The molecule has 0 aliphatic heterocycles. The summed E-state index contributed by atoms with van der Waals surface area (Å²) in [6.45, 7) is 0.725. The molecule has 142 valence electrons. The zero-order chi connectivity index (χ0) is 18.5. The van der Waals surface area contributed by atoms with Gasteiger partial charge in [0, 0.05) is 30.5 Å². The molecule has 27 heavy (non-hydrogen) atoms. The van der Waals surface area contributed by atoms with E-state index in [1.807, 2.05) is 12.1 Å². The van der Waals surface area contributed by atoms with E-state index >= 15 is 0 Å². The van der Waals surface area contributed by atoms with E-state index in [1.165, 1.54) is 43.0 Å². The Hall–Kier alpha value is -2.15. The number of amides is 1. The van der Waals surface area contributed by atoms with Crippen LogP contribution in [0.5, 0.6) is 0 Å². The maximum absolute atomic E-state index is 12.2. The van der Waals surface area contributed by atoms with Crippen LogP contribution in [0.4, 0.5) is 0 Å². The fourth-order valence-corrected chi connectivity index (χ4v) is 4.25. The Morgan fingerprint density at radius 2 is 2.07 bits per heavy atom. The van der Waals surface area contributed by atoms with E-state index in [0.29, 0.717) is 11.8 Å². The standard InChI is InChI=1S/C20H25N5OS/c26-18(22-13-8-15-4-2-1-3-5-15)14-27-20-24-23-19(25(20)17-6-7-17)16-9-11-21-12-10-16/h4,9-12,17H,1-3,5-8,13-14H2,(H,22,26). The molecule has 0 bridgehead atoms. The van der Waals surface area contributed by atoms with Gasteiger partial charge in [0.15, 0.2) is 11.0 Å². The van der Waals surface area contributed by atoms with Crippen molar-refractivity contribution in [3.8, 4) is 11.4 Å². The van der Waals surface area contributed by atoms with E-state index in [2.05, 4.69) is 31.1 Å². The van der Waals surface area contributed by atoms with Gasteiger partial charge in [0.2, 0.25) is 5.91 Å². The number of hydrogen-bond acceptors (Lipinski definition) is 5. The molecule has 0 radical (unpaired) electrons. The van der Waals surface area contributed by atoms with Crippen molar-refractivity contribution in [2.75, 3.05) is 12.3 Å². The number of carbonyl (C=O) groups is 1. The first-order valence-corrected chi connectivity index (χ1v) is 10.7. The maximum atomic E-state index is 12.2. The number of thioether (sulfide) groups is 1. The Bertz CT molecular complexity index is 813. The summed E-state index contributed by atoms with van der Waals surface area (Å²) >= 11 is 1.47. The van der Waals surface area contributed by atoms with Crippen LogP contribution in [-0.4, -0.2) is 38.0 Å². The fourth-order valence-electron chi connectivity index (χ4n) is 3.41. The molecule has 0 atom stereocenters. The van der Waals surface area contributed by atoms with Crippen LogP contribution in [0.15, 0.2) is 41.3 Å². The molecule has 7 heteroatoms. The zero-order valence-electron chi connectivity index (χ0n) is 15.4. The van der Waals surface area contributed by atoms with Gasteiger partial charge in [0.25, 0.3) is 0 Å². The first-order chi connectivity index (χ1) is 13.3. The molecule has 2 heterocycles. The summed E-state index contributed by atoms with van der Waals surface area (Å²) in [7, 11) is 0. The third-order valence-electron chi connectivity index (χ3n) is 5.00. The summed E-state index contributed by atoms with van der Waals surface area (Å²) in [5, 5.41) is 12.6. The van der Waals surface area contributed by atoms with Crippen molar-refractivity contribution in [1.82, 2.24) is 25.1 Å². The molecular formula is C20H25N5OS. The van der Waals surface area contributed by atoms with Crippen molar-refractivity contribution in [2.45, 2.75) is 56.1 Å². The predicted octanol–water partition coefficient (Wildman–Crippen LogP) is 3.77. The van der Waals surface area contributed by atoms with E-state index in [0.717, 1.165) is 42.4 Å². The quantitative estimate of drug-likeness (QED) is 0.555. The van der Waals surface area contributed by atoms with Gasteiger partial charge in [-0.05, 0) is 57.1 Å². The van der Waals surface area contributed by atoms with Crippen LogP contribution in [-0.2, 0) is 4.79 Å². The number of hydrogen-bond donors (Lipinski definition) is 1. The van der Waals surface area contributed by atoms with Crippen molar-refractivity contribution in [3.05, 3.63) is 36.2 Å². The first kappa shape index (κ1) is 18.2. The van der Waals surface area contributed by atoms with Gasteiger partial charge >= 0.3 is 0 Å². The SMILES string of the molecule is O=C(CSc1nnc(-c2ccncc2)n1C1CC1)NCCC1=CCCCC1. The summed E-state index contributed by atoms with van der Waals surface area (Å²) in [6, 6.07) is 4.35. The first-order valence-electron chi connectivity index (χ1n) is 9.74. The van der Waals surface area contributed by atoms with Crippen molar-refractivity contribution in [1.29, 1.82) is 0 Å². The van der Waals surface area contributed by atoms with Gasteiger partial charge in [0.1, 0.15) is 0 Å². The Kier molecular flexibility index (Phi) is 5.87. The van der Waals surface area contributed by atoms with E-state index in [-0.39, 0.29) is 5.91 Å². The van der Waals surface area contributed by atoms with E-state index < -0.39 is 0 Å². The molecule has 6 nitrogen and oxygen atoms in total. The van der Waals surface area contributed by atoms with Gasteiger partial charge in [0.05, 0.1) is 5.75 Å². The highest BCUT2D eigenvalue weighted by atomic mass is 32.2. The monoisotopic (exact) mass is 383 g/mol. The minimum Gasteiger partial charge on any atom is -0.355 e. The van der Waals surface area contributed by atoms with Crippen LogP contribution < -0.4 is 5.32 Å². The van der Waals surface area contributed by atoms with E-state index in [1.54, 1.807) is 12.4 Å². The summed E-state index contributed by atoms with van der Waals surface area (Å²) in [6.07, 6.45) is 14.1.